The fraction of sp³-hybridized carbons (Fsp3) is 0.278. The molecule has 0 bridgehead atoms. The van der Waals surface area contributed by atoms with Crippen molar-refractivity contribution in [3.8, 4) is 0 Å². The number of hydrogen-bond donors (Lipinski definition) is 2. The summed E-state index contributed by atoms with van der Waals surface area (Å²) in [6, 6.07) is 18.3. The van der Waals surface area contributed by atoms with Crippen molar-refractivity contribution >= 4 is 17.9 Å². The first-order chi connectivity index (χ1) is 10.8. The Morgan fingerprint density at radius 2 is 1.68 bits per heavy atom. The second-order valence-electron chi connectivity index (χ2n) is 5.23. The molecule has 0 fully saturated rings. The topological polar surface area (TPSA) is 55.1 Å². The number of unbranched alkanes of at least 4 members (excludes halogenated alkanes) is 1. The monoisotopic (exact) mass is 314 g/mol. The number of nitrogens with two attached hydrogens (primary N) is 1. The summed E-state index contributed by atoms with van der Waals surface area (Å²) in [6.45, 7) is 0.576. The van der Waals surface area contributed by atoms with Gasteiger partial charge in [-0.1, -0.05) is 42.5 Å². The molecule has 0 heterocycles. The lowest BCUT2D eigenvalue weighted by atomic mass is 10.1. The molecule has 2 rings (SSSR count). The van der Waals surface area contributed by atoms with Crippen LogP contribution in [-0.4, -0.2) is 5.91 Å². The van der Waals surface area contributed by atoms with Crippen LogP contribution in [0, 0.1) is 0 Å². The zero-order valence-corrected chi connectivity index (χ0v) is 13.4. The minimum absolute atomic E-state index is 0.116. The van der Waals surface area contributed by atoms with Gasteiger partial charge in [0, 0.05) is 17.9 Å². The number of benzene rings is 2. The molecule has 0 unspecified atom stereocenters. The average molecular weight is 314 g/mol. The molecule has 0 aliphatic rings. The Labute approximate surface area is 136 Å². The van der Waals surface area contributed by atoms with E-state index < -0.39 is 0 Å². The maximum absolute atomic E-state index is 11.8. The van der Waals surface area contributed by atoms with Gasteiger partial charge in [0.25, 0.3) is 0 Å². The van der Waals surface area contributed by atoms with Crippen LogP contribution in [0.5, 0.6) is 0 Å². The van der Waals surface area contributed by atoms with Gasteiger partial charge >= 0.3 is 0 Å². The maximum atomic E-state index is 11.8. The highest BCUT2D eigenvalue weighted by atomic mass is 32.2. The average Bonchev–Trinajstić information content (AvgIpc) is 2.58. The van der Waals surface area contributed by atoms with Crippen molar-refractivity contribution in [2.45, 2.75) is 37.1 Å². The lowest BCUT2D eigenvalue weighted by Crippen LogP contribution is -2.22. The standard InChI is InChI=1S/C18H22N2OS/c19-22-17-12-10-16(11-13-17)14-20-18(21)9-5-4-8-15-6-2-1-3-7-15/h1-3,6-7,10-13H,4-5,8-9,14,19H2,(H,20,21). The van der Waals surface area contributed by atoms with Crippen molar-refractivity contribution in [2.75, 3.05) is 0 Å². The summed E-state index contributed by atoms with van der Waals surface area (Å²) in [4.78, 5) is 12.8. The Morgan fingerprint density at radius 3 is 2.36 bits per heavy atom. The molecule has 116 valence electrons. The summed E-state index contributed by atoms with van der Waals surface area (Å²) >= 11 is 1.23. The van der Waals surface area contributed by atoms with Crippen LogP contribution in [0.2, 0.25) is 0 Å². The lowest BCUT2D eigenvalue weighted by Gasteiger charge is -2.06. The summed E-state index contributed by atoms with van der Waals surface area (Å²) in [5, 5.41) is 8.44. The minimum Gasteiger partial charge on any atom is -0.352 e. The van der Waals surface area contributed by atoms with Crippen LogP contribution >= 0.6 is 11.9 Å². The van der Waals surface area contributed by atoms with Gasteiger partial charge in [0.2, 0.25) is 5.91 Å². The summed E-state index contributed by atoms with van der Waals surface area (Å²) < 4.78 is 0. The van der Waals surface area contributed by atoms with Gasteiger partial charge in [-0.15, -0.1) is 0 Å². The van der Waals surface area contributed by atoms with Crippen molar-refractivity contribution in [3.63, 3.8) is 0 Å². The number of carbonyl (C=O) groups is 1. The van der Waals surface area contributed by atoms with Gasteiger partial charge in [0.15, 0.2) is 0 Å². The molecule has 0 atom stereocenters. The van der Waals surface area contributed by atoms with Gasteiger partial charge in [0.05, 0.1) is 0 Å². The van der Waals surface area contributed by atoms with Crippen molar-refractivity contribution in [2.24, 2.45) is 5.14 Å². The Balaban J connectivity index is 1.61. The highest BCUT2D eigenvalue weighted by molar-refractivity contribution is 7.97. The smallest absolute Gasteiger partial charge is 0.220 e. The van der Waals surface area contributed by atoms with Crippen molar-refractivity contribution < 1.29 is 4.79 Å². The summed E-state index contributed by atoms with van der Waals surface area (Å²) in [6.07, 6.45) is 3.58. The molecule has 1 amide bonds. The Bertz CT molecular complexity index is 569. The zero-order chi connectivity index (χ0) is 15.6. The Hall–Kier alpha value is -1.78. The molecule has 4 heteroatoms. The van der Waals surface area contributed by atoms with E-state index in [1.165, 1.54) is 17.5 Å². The third-order valence-corrected chi connectivity index (χ3v) is 4.06. The molecule has 0 saturated carbocycles. The van der Waals surface area contributed by atoms with E-state index in [9.17, 15) is 4.79 Å². The molecular formula is C18H22N2OS. The first-order valence-corrected chi connectivity index (χ1v) is 8.42. The quantitative estimate of drug-likeness (QED) is 0.577. The third-order valence-electron chi connectivity index (χ3n) is 3.51. The Kier molecular flexibility index (Phi) is 7.00. The van der Waals surface area contributed by atoms with Crippen LogP contribution in [0.4, 0.5) is 0 Å². The van der Waals surface area contributed by atoms with Crippen molar-refractivity contribution in [3.05, 3.63) is 65.7 Å². The molecule has 2 aromatic rings. The second kappa shape index (κ2) is 9.28. The number of carbonyl (C=O) groups excluding carboxylic acids is 1. The van der Waals surface area contributed by atoms with Crippen LogP contribution in [0.1, 0.15) is 30.4 Å². The fourth-order valence-corrected chi connectivity index (χ4v) is 2.53. The minimum atomic E-state index is 0.116. The molecule has 0 aromatic heterocycles. The molecule has 0 aliphatic heterocycles. The third kappa shape index (κ3) is 5.92. The molecule has 3 N–H and O–H groups in total. The number of hydrogen-bond acceptors (Lipinski definition) is 3. The summed E-state index contributed by atoms with van der Waals surface area (Å²) in [5.74, 6) is 0.116. The number of amides is 1. The van der Waals surface area contributed by atoms with Crippen molar-refractivity contribution in [1.29, 1.82) is 0 Å². The fourth-order valence-electron chi connectivity index (χ4n) is 2.23. The largest absolute Gasteiger partial charge is 0.352 e. The van der Waals surface area contributed by atoms with E-state index in [1.807, 2.05) is 30.3 Å². The number of rotatable bonds is 8. The van der Waals surface area contributed by atoms with Crippen LogP contribution in [0.15, 0.2) is 59.5 Å². The number of aryl methyl sites for hydroxylation is 1. The normalized spacial score (nSPS) is 10.4. The van der Waals surface area contributed by atoms with Gasteiger partial charge in [0.1, 0.15) is 0 Å². The van der Waals surface area contributed by atoms with E-state index in [-0.39, 0.29) is 5.91 Å². The summed E-state index contributed by atoms with van der Waals surface area (Å²) in [5.41, 5.74) is 2.43. The van der Waals surface area contributed by atoms with E-state index in [4.69, 9.17) is 5.14 Å². The van der Waals surface area contributed by atoms with Gasteiger partial charge in [-0.05, 0) is 54.5 Å². The molecule has 0 spiro atoms. The molecular weight excluding hydrogens is 292 g/mol. The predicted molar refractivity (Wildman–Crippen MR) is 92.3 cm³/mol. The molecule has 2 aromatic carbocycles. The van der Waals surface area contributed by atoms with Crippen LogP contribution < -0.4 is 10.5 Å². The van der Waals surface area contributed by atoms with Crippen molar-refractivity contribution in [1.82, 2.24) is 5.32 Å². The van der Waals surface area contributed by atoms with E-state index in [0.29, 0.717) is 13.0 Å². The molecule has 3 nitrogen and oxygen atoms in total. The van der Waals surface area contributed by atoms with E-state index in [0.717, 1.165) is 29.7 Å². The highest BCUT2D eigenvalue weighted by Gasteiger charge is 2.02. The van der Waals surface area contributed by atoms with Gasteiger partial charge in [-0.2, -0.15) is 0 Å². The lowest BCUT2D eigenvalue weighted by molar-refractivity contribution is -0.121. The van der Waals surface area contributed by atoms with Crippen LogP contribution in [0.25, 0.3) is 0 Å². The second-order valence-corrected chi connectivity index (χ2v) is 5.94. The molecule has 22 heavy (non-hydrogen) atoms. The highest BCUT2D eigenvalue weighted by Crippen LogP contribution is 2.12. The SMILES string of the molecule is NSc1ccc(CNC(=O)CCCCc2ccccc2)cc1. The van der Waals surface area contributed by atoms with Crippen LogP contribution in [0.3, 0.4) is 0 Å². The zero-order valence-electron chi connectivity index (χ0n) is 12.6. The molecule has 0 radical (unpaired) electrons. The van der Waals surface area contributed by atoms with Gasteiger partial charge < -0.3 is 5.32 Å². The van der Waals surface area contributed by atoms with Gasteiger partial charge in [-0.25, -0.2) is 0 Å². The maximum Gasteiger partial charge on any atom is 0.220 e. The first kappa shape index (κ1) is 16.6. The first-order valence-electron chi connectivity index (χ1n) is 7.54. The molecule has 0 aliphatic carbocycles. The Morgan fingerprint density at radius 1 is 0.955 bits per heavy atom. The van der Waals surface area contributed by atoms with E-state index in [2.05, 4.69) is 29.6 Å². The van der Waals surface area contributed by atoms with E-state index >= 15 is 0 Å². The van der Waals surface area contributed by atoms with Crippen LogP contribution in [-0.2, 0) is 17.8 Å². The summed E-state index contributed by atoms with van der Waals surface area (Å²) in [7, 11) is 0. The van der Waals surface area contributed by atoms with E-state index in [1.54, 1.807) is 0 Å². The molecule has 0 saturated heterocycles. The number of nitrogens with one attached hydrogen (secondary N) is 1. The predicted octanol–water partition coefficient (Wildman–Crippen LogP) is 3.68. The van der Waals surface area contributed by atoms with Gasteiger partial charge in [-0.3, -0.25) is 9.93 Å².